The van der Waals surface area contributed by atoms with Gasteiger partial charge in [0.15, 0.2) is 5.96 Å². The van der Waals surface area contributed by atoms with E-state index in [1.165, 1.54) is 6.07 Å². The number of ether oxygens (including phenoxy) is 2. The van der Waals surface area contributed by atoms with E-state index in [1.807, 2.05) is 37.3 Å². The molecule has 0 amide bonds. The lowest BCUT2D eigenvalue weighted by Crippen LogP contribution is -2.38. The van der Waals surface area contributed by atoms with Gasteiger partial charge in [-0.3, -0.25) is 4.90 Å². The van der Waals surface area contributed by atoms with Gasteiger partial charge in [-0.1, -0.05) is 30.3 Å². The number of hydrogen-bond acceptors (Lipinski definition) is 4. The molecule has 0 spiro atoms. The summed E-state index contributed by atoms with van der Waals surface area (Å²) < 4.78 is 24.8. The first kappa shape index (κ1) is 26.3. The van der Waals surface area contributed by atoms with Gasteiger partial charge in [-0.25, -0.2) is 9.38 Å². The second-order valence-electron chi connectivity index (χ2n) is 7.41. The quantitative estimate of drug-likeness (QED) is 0.267. The molecule has 0 aromatic heterocycles. The Bertz CT molecular complexity index is 831. The summed E-state index contributed by atoms with van der Waals surface area (Å²) in [6, 6.07) is 14.7. The molecule has 32 heavy (non-hydrogen) atoms. The third-order valence-electron chi connectivity index (χ3n) is 5.09. The molecule has 2 aromatic rings. The molecule has 2 N–H and O–H groups in total. The average Bonchev–Trinajstić information content (AvgIpc) is 2.79. The van der Waals surface area contributed by atoms with Crippen molar-refractivity contribution in [3.05, 3.63) is 65.5 Å². The Hall–Kier alpha value is -1.91. The van der Waals surface area contributed by atoms with Crippen molar-refractivity contribution < 1.29 is 13.9 Å². The van der Waals surface area contributed by atoms with Crippen molar-refractivity contribution in [1.82, 2.24) is 15.5 Å². The molecule has 1 heterocycles. The first-order valence-electron chi connectivity index (χ1n) is 11.0. The van der Waals surface area contributed by atoms with E-state index in [0.29, 0.717) is 19.7 Å². The zero-order valence-corrected chi connectivity index (χ0v) is 21.0. The van der Waals surface area contributed by atoms with Crippen molar-refractivity contribution in [1.29, 1.82) is 0 Å². The highest BCUT2D eigenvalue weighted by molar-refractivity contribution is 14.0. The number of nitrogens with one attached hydrogen (secondary N) is 2. The zero-order chi connectivity index (χ0) is 21.7. The number of halogens is 2. The third kappa shape index (κ3) is 9.30. The van der Waals surface area contributed by atoms with E-state index in [-0.39, 0.29) is 29.8 Å². The molecule has 176 valence electrons. The molecule has 8 heteroatoms. The fourth-order valence-electron chi connectivity index (χ4n) is 3.41. The Morgan fingerprint density at radius 1 is 1.12 bits per heavy atom. The first-order chi connectivity index (χ1) is 15.2. The van der Waals surface area contributed by atoms with Gasteiger partial charge in [0, 0.05) is 38.3 Å². The second kappa shape index (κ2) is 15.0. The molecule has 1 aliphatic rings. The Labute approximate surface area is 207 Å². The molecule has 3 rings (SSSR count). The van der Waals surface area contributed by atoms with E-state index < -0.39 is 0 Å². The van der Waals surface area contributed by atoms with Crippen LogP contribution in [0.15, 0.2) is 53.5 Å². The Kier molecular flexibility index (Phi) is 12.4. The molecule has 1 aliphatic heterocycles. The lowest BCUT2D eigenvalue weighted by atomic mass is 10.1. The molecule has 0 aliphatic carbocycles. The van der Waals surface area contributed by atoms with E-state index in [2.05, 4.69) is 15.5 Å². The number of hydrogen-bond donors (Lipinski definition) is 2. The Morgan fingerprint density at radius 2 is 1.94 bits per heavy atom. The summed E-state index contributed by atoms with van der Waals surface area (Å²) in [6.45, 7) is 9.05. The molecule has 0 unspecified atom stereocenters. The van der Waals surface area contributed by atoms with Gasteiger partial charge < -0.3 is 20.1 Å². The summed E-state index contributed by atoms with van der Waals surface area (Å²) >= 11 is 0. The van der Waals surface area contributed by atoms with Crippen LogP contribution >= 0.6 is 24.0 Å². The predicted octanol–water partition coefficient (Wildman–Crippen LogP) is 3.45. The maximum absolute atomic E-state index is 13.3. The van der Waals surface area contributed by atoms with Crippen molar-refractivity contribution >= 4 is 29.9 Å². The number of nitrogens with zero attached hydrogens (tertiary/aromatic N) is 2. The van der Waals surface area contributed by atoms with Gasteiger partial charge in [0.1, 0.15) is 18.2 Å². The molecule has 2 aromatic carbocycles. The van der Waals surface area contributed by atoms with E-state index in [9.17, 15) is 4.39 Å². The van der Waals surface area contributed by atoms with Crippen LogP contribution in [-0.2, 0) is 17.7 Å². The molecule has 6 nitrogen and oxygen atoms in total. The number of aliphatic imine (C=N–C) groups is 1. The fraction of sp³-hybridized carbons (Fsp3) is 0.458. The van der Waals surface area contributed by atoms with E-state index >= 15 is 0 Å². The molecule has 1 fully saturated rings. The normalized spacial score (nSPS) is 14.5. The second-order valence-corrected chi connectivity index (χ2v) is 7.41. The van der Waals surface area contributed by atoms with Crippen molar-refractivity contribution in [2.75, 3.05) is 52.5 Å². The highest BCUT2D eigenvalue weighted by Crippen LogP contribution is 2.19. The van der Waals surface area contributed by atoms with E-state index in [0.717, 1.165) is 68.6 Å². The average molecular weight is 556 g/mol. The summed E-state index contributed by atoms with van der Waals surface area (Å²) in [7, 11) is 0. The van der Waals surface area contributed by atoms with Crippen molar-refractivity contribution in [3.63, 3.8) is 0 Å². The van der Waals surface area contributed by atoms with Gasteiger partial charge in [0.05, 0.1) is 19.8 Å². The van der Waals surface area contributed by atoms with E-state index in [4.69, 9.17) is 14.5 Å². The van der Waals surface area contributed by atoms with Crippen LogP contribution in [0.2, 0.25) is 0 Å². The van der Waals surface area contributed by atoms with Crippen LogP contribution in [0.25, 0.3) is 0 Å². The first-order valence-corrected chi connectivity index (χ1v) is 11.0. The van der Waals surface area contributed by atoms with Gasteiger partial charge >= 0.3 is 0 Å². The molecule has 0 atom stereocenters. The van der Waals surface area contributed by atoms with Gasteiger partial charge in [0.25, 0.3) is 0 Å². The molecular weight excluding hydrogens is 522 g/mol. The Morgan fingerprint density at radius 3 is 2.72 bits per heavy atom. The lowest BCUT2D eigenvalue weighted by Gasteiger charge is -2.26. The molecule has 0 saturated carbocycles. The predicted molar refractivity (Wildman–Crippen MR) is 138 cm³/mol. The number of para-hydroxylation sites is 1. The standard InChI is InChI=1S/C24H33FN4O2.HI/c1-2-26-24(27-11-10-20-6-5-8-22(25)18-20)28-19-21-7-3-4-9-23(21)31-17-14-29-12-15-30-16-13-29;/h3-9,18H,2,10-17,19H2,1H3,(H2,26,27,28);1H. The SMILES string of the molecule is CCNC(=NCc1ccccc1OCCN1CCOCC1)NCCc1cccc(F)c1.I. The molecule has 0 bridgehead atoms. The summed E-state index contributed by atoms with van der Waals surface area (Å²) in [5.74, 6) is 1.40. The minimum absolute atomic E-state index is 0. The minimum Gasteiger partial charge on any atom is -0.492 e. The van der Waals surface area contributed by atoms with Crippen LogP contribution in [0.4, 0.5) is 4.39 Å². The van der Waals surface area contributed by atoms with Crippen LogP contribution in [0.5, 0.6) is 5.75 Å². The molecule has 1 saturated heterocycles. The largest absolute Gasteiger partial charge is 0.492 e. The number of morpholine rings is 1. The number of benzene rings is 2. The summed E-state index contributed by atoms with van der Waals surface area (Å²) in [4.78, 5) is 7.06. The molecule has 0 radical (unpaired) electrons. The lowest BCUT2D eigenvalue weighted by molar-refractivity contribution is 0.0322. The monoisotopic (exact) mass is 556 g/mol. The number of guanidine groups is 1. The van der Waals surface area contributed by atoms with Crippen LogP contribution < -0.4 is 15.4 Å². The maximum Gasteiger partial charge on any atom is 0.191 e. The van der Waals surface area contributed by atoms with Gasteiger partial charge in [-0.15, -0.1) is 24.0 Å². The van der Waals surface area contributed by atoms with Gasteiger partial charge in [0.2, 0.25) is 0 Å². The van der Waals surface area contributed by atoms with Crippen LogP contribution in [0.1, 0.15) is 18.1 Å². The number of rotatable bonds is 10. The summed E-state index contributed by atoms with van der Waals surface area (Å²) in [5.41, 5.74) is 2.01. The van der Waals surface area contributed by atoms with Crippen LogP contribution in [0.3, 0.4) is 0 Å². The van der Waals surface area contributed by atoms with Gasteiger partial charge in [-0.2, -0.15) is 0 Å². The van der Waals surface area contributed by atoms with Crippen molar-refractivity contribution in [2.45, 2.75) is 19.9 Å². The van der Waals surface area contributed by atoms with Crippen LogP contribution in [0, 0.1) is 5.82 Å². The third-order valence-corrected chi connectivity index (χ3v) is 5.09. The highest BCUT2D eigenvalue weighted by Gasteiger charge is 2.10. The highest BCUT2D eigenvalue weighted by atomic mass is 127. The smallest absolute Gasteiger partial charge is 0.191 e. The van der Waals surface area contributed by atoms with E-state index in [1.54, 1.807) is 12.1 Å². The maximum atomic E-state index is 13.3. The summed E-state index contributed by atoms with van der Waals surface area (Å²) in [6.07, 6.45) is 0.726. The van der Waals surface area contributed by atoms with Crippen molar-refractivity contribution in [3.8, 4) is 5.75 Å². The minimum atomic E-state index is -0.205. The van der Waals surface area contributed by atoms with Crippen LogP contribution in [-0.4, -0.2) is 63.4 Å². The molecular formula is C24H34FIN4O2. The topological polar surface area (TPSA) is 58.1 Å². The van der Waals surface area contributed by atoms with Gasteiger partial charge in [-0.05, 0) is 37.1 Å². The fourth-order valence-corrected chi connectivity index (χ4v) is 3.41. The zero-order valence-electron chi connectivity index (χ0n) is 18.7. The van der Waals surface area contributed by atoms with Crippen molar-refractivity contribution in [2.24, 2.45) is 4.99 Å². The Balaban J connectivity index is 0.00000363. The summed E-state index contributed by atoms with van der Waals surface area (Å²) in [5, 5.41) is 6.58.